The lowest BCUT2D eigenvalue weighted by molar-refractivity contribution is -0.132. The van der Waals surface area contributed by atoms with Gasteiger partial charge >= 0.3 is 5.97 Å². The number of carboxylic acid groups (broad SMARTS) is 1. The molecule has 20 heavy (non-hydrogen) atoms. The summed E-state index contributed by atoms with van der Waals surface area (Å²) in [6, 6.07) is 7.03. The van der Waals surface area contributed by atoms with Crippen molar-refractivity contribution in [1.82, 2.24) is 14.8 Å². The second kappa shape index (κ2) is 4.69. The third-order valence-electron chi connectivity index (χ3n) is 3.10. The van der Waals surface area contributed by atoms with E-state index >= 15 is 0 Å². The third-order valence-corrected chi connectivity index (χ3v) is 3.10. The first-order valence-electron chi connectivity index (χ1n) is 5.95. The standard InChI is InChI=1S/C13H12N4O3/c1-20-11-5-3-2-4-8(11)10-6-9(12(18)19)16-13-14-7-15-17(10)13/h2-7,10H,1H3,(H,18,19)(H,14,15,16). The van der Waals surface area contributed by atoms with Crippen molar-refractivity contribution < 1.29 is 14.6 Å². The van der Waals surface area contributed by atoms with Gasteiger partial charge in [0.05, 0.1) is 7.11 Å². The number of carboxylic acids is 1. The topological polar surface area (TPSA) is 89.3 Å². The molecule has 0 fully saturated rings. The smallest absolute Gasteiger partial charge is 0.352 e. The number of allylic oxidation sites excluding steroid dienone is 1. The predicted molar refractivity (Wildman–Crippen MR) is 70.5 cm³/mol. The third kappa shape index (κ3) is 1.89. The summed E-state index contributed by atoms with van der Waals surface area (Å²) in [6.45, 7) is 0. The average Bonchev–Trinajstić information content (AvgIpc) is 2.94. The second-order valence-corrected chi connectivity index (χ2v) is 4.23. The normalized spacial score (nSPS) is 16.9. The van der Waals surface area contributed by atoms with Gasteiger partial charge in [-0.25, -0.2) is 9.48 Å². The van der Waals surface area contributed by atoms with Crippen LogP contribution in [0.1, 0.15) is 11.6 Å². The van der Waals surface area contributed by atoms with Crippen molar-refractivity contribution in [2.24, 2.45) is 0 Å². The van der Waals surface area contributed by atoms with Crippen LogP contribution in [0.15, 0.2) is 42.4 Å². The van der Waals surface area contributed by atoms with Gasteiger partial charge in [0.15, 0.2) is 0 Å². The van der Waals surface area contributed by atoms with Gasteiger partial charge in [-0.2, -0.15) is 10.1 Å². The van der Waals surface area contributed by atoms with Crippen LogP contribution in [0.5, 0.6) is 5.75 Å². The van der Waals surface area contributed by atoms with Crippen LogP contribution in [-0.4, -0.2) is 33.0 Å². The average molecular weight is 272 g/mol. The molecule has 2 N–H and O–H groups in total. The number of ether oxygens (including phenoxy) is 1. The summed E-state index contributed by atoms with van der Waals surface area (Å²) in [5, 5.41) is 16.0. The minimum atomic E-state index is -1.04. The summed E-state index contributed by atoms with van der Waals surface area (Å²) < 4.78 is 6.94. The lowest BCUT2D eigenvalue weighted by Crippen LogP contribution is -2.24. The van der Waals surface area contributed by atoms with E-state index in [4.69, 9.17) is 4.74 Å². The van der Waals surface area contributed by atoms with Gasteiger partial charge in [-0.3, -0.25) is 0 Å². The van der Waals surface area contributed by atoms with E-state index in [9.17, 15) is 9.90 Å². The van der Waals surface area contributed by atoms with Crippen LogP contribution < -0.4 is 10.1 Å². The summed E-state index contributed by atoms with van der Waals surface area (Å²) in [5.41, 5.74) is 0.892. The zero-order valence-corrected chi connectivity index (χ0v) is 10.6. The van der Waals surface area contributed by atoms with E-state index in [-0.39, 0.29) is 11.7 Å². The number of nitrogens with zero attached hydrogens (tertiary/aromatic N) is 3. The van der Waals surface area contributed by atoms with Crippen molar-refractivity contribution in [2.75, 3.05) is 12.4 Å². The van der Waals surface area contributed by atoms with E-state index in [0.29, 0.717) is 11.7 Å². The Hall–Kier alpha value is -2.83. The number of hydrogen-bond donors (Lipinski definition) is 2. The number of rotatable bonds is 3. The summed E-state index contributed by atoms with van der Waals surface area (Å²) in [7, 11) is 1.57. The maximum Gasteiger partial charge on any atom is 0.352 e. The van der Waals surface area contributed by atoms with Crippen molar-refractivity contribution in [1.29, 1.82) is 0 Å². The Morgan fingerprint density at radius 1 is 1.45 bits per heavy atom. The molecule has 1 aliphatic rings. The maximum atomic E-state index is 11.2. The molecule has 0 spiro atoms. The maximum absolute atomic E-state index is 11.2. The number of nitrogens with one attached hydrogen (secondary N) is 1. The quantitative estimate of drug-likeness (QED) is 0.874. The Bertz CT molecular complexity index is 692. The molecular formula is C13H12N4O3. The first-order valence-corrected chi connectivity index (χ1v) is 5.95. The molecule has 0 radical (unpaired) electrons. The Labute approximate surface area is 114 Å². The van der Waals surface area contributed by atoms with E-state index in [1.165, 1.54) is 6.33 Å². The highest BCUT2D eigenvalue weighted by atomic mass is 16.5. The number of aromatic nitrogens is 3. The number of carbonyl (C=O) groups is 1. The first kappa shape index (κ1) is 12.2. The van der Waals surface area contributed by atoms with Gasteiger partial charge in [0.25, 0.3) is 0 Å². The van der Waals surface area contributed by atoms with Crippen LogP contribution in [0.2, 0.25) is 0 Å². The Kier molecular flexibility index (Phi) is 2.86. The monoisotopic (exact) mass is 272 g/mol. The van der Waals surface area contributed by atoms with Crippen LogP contribution in [0.25, 0.3) is 0 Å². The molecule has 2 heterocycles. The van der Waals surface area contributed by atoms with Gasteiger partial charge in [0, 0.05) is 5.56 Å². The number of fused-ring (bicyclic) bond motifs is 1. The molecule has 0 bridgehead atoms. The molecule has 0 amide bonds. The number of benzene rings is 1. The minimum absolute atomic E-state index is 0.0707. The molecular weight excluding hydrogens is 260 g/mol. The largest absolute Gasteiger partial charge is 0.496 e. The fraction of sp³-hybridized carbons (Fsp3) is 0.154. The summed E-state index contributed by atoms with van der Waals surface area (Å²) in [4.78, 5) is 15.2. The van der Waals surface area contributed by atoms with Crippen molar-refractivity contribution in [2.45, 2.75) is 6.04 Å². The second-order valence-electron chi connectivity index (χ2n) is 4.23. The number of hydrogen-bond acceptors (Lipinski definition) is 5. The lowest BCUT2D eigenvalue weighted by Gasteiger charge is -2.23. The Morgan fingerprint density at radius 3 is 3.00 bits per heavy atom. The zero-order chi connectivity index (χ0) is 14.1. The molecule has 0 aliphatic carbocycles. The molecule has 0 saturated carbocycles. The van der Waals surface area contributed by atoms with E-state index < -0.39 is 5.97 Å². The van der Waals surface area contributed by atoms with Crippen LogP contribution in [-0.2, 0) is 4.79 Å². The van der Waals surface area contributed by atoms with E-state index in [2.05, 4.69) is 15.4 Å². The van der Waals surface area contributed by atoms with Gasteiger partial charge in [-0.1, -0.05) is 18.2 Å². The molecule has 1 unspecified atom stereocenters. The van der Waals surface area contributed by atoms with Crippen LogP contribution in [0, 0.1) is 0 Å². The summed E-state index contributed by atoms with van der Waals surface area (Å²) in [5.74, 6) is 0.0155. The molecule has 7 nitrogen and oxygen atoms in total. The Balaban J connectivity index is 2.14. The van der Waals surface area contributed by atoms with Gasteiger partial charge in [-0.05, 0) is 12.1 Å². The van der Waals surface area contributed by atoms with Crippen molar-refractivity contribution in [3.05, 3.63) is 47.9 Å². The molecule has 1 aromatic carbocycles. The highest BCUT2D eigenvalue weighted by Crippen LogP contribution is 2.33. The van der Waals surface area contributed by atoms with Gasteiger partial charge in [-0.15, -0.1) is 0 Å². The molecule has 1 aliphatic heterocycles. The molecule has 7 heteroatoms. The number of anilines is 1. The van der Waals surface area contributed by atoms with Gasteiger partial charge < -0.3 is 15.2 Å². The van der Waals surface area contributed by atoms with Crippen LogP contribution in [0.3, 0.4) is 0 Å². The van der Waals surface area contributed by atoms with Crippen LogP contribution in [0.4, 0.5) is 5.95 Å². The van der Waals surface area contributed by atoms with E-state index in [1.807, 2.05) is 24.3 Å². The summed E-state index contributed by atoms with van der Waals surface area (Å²) in [6.07, 6.45) is 2.96. The zero-order valence-electron chi connectivity index (χ0n) is 10.6. The van der Waals surface area contributed by atoms with Crippen molar-refractivity contribution in [3.63, 3.8) is 0 Å². The summed E-state index contributed by atoms with van der Waals surface area (Å²) >= 11 is 0. The molecule has 102 valence electrons. The van der Waals surface area contributed by atoms with E-state index in [1.54, 1.807) is 17.9 Å². The highest BCUT2D eigenvalue weighted by molar-refractivity contribution is 5.90. The predicted octanol–water partition coefficient (Wildman–Crippen LogP) is 1.27. The highest BCUT2D eigenvalue weighted by Gasteiger charge is 2.27. The fourth-order valence-electron chi connectivity index (χ4n) is 2.19. The SMILES string of the molecule is COc1ccccc1C1C=C(C(=O)O)Nc2ncnn21. The molecule has 1 aromatic heterocycles. The Morgan fingerprint density at radius 2 is 2.25 bits per heavy atom. The van der Waals surface area contributed by atoms with Gasteiger partial charge in [0.1, 0.15) is 23.8 Å². The number of methoxy groups -OCH3 is 1. The lowest BCUT2D eigenvalue weighted by atomic mass is 10.0. The molecule has 2 aromatic rings. The molecule has 0 saturated heterocycles. The van der Waals surface area contributed by atoms with Crippen molar-refractivity contribution in [3.8, 4) is 5.75 Å². The van der Waals surface area contributed by atoms with Gasteiger partial charge in [0.2, 0.25) is 5.95 Å². The minimum Gasteiger partial charge on any atom is -0.496 e. The number of para-hydroxylation sites is 1. The van der Waals surface area contributed by atoms with Crippen molar-refractivity contribution >= 4 is 11.9 Å². The molecule has 3 rings (SSSR count). The number of aliphatic carboxylic acids is 1. The fourth-order valence-corrected chi connectivity index (χ4v) is 2.19. The molecule has 1 atom stereocenters. The van der Waals surface area contributed by atoms with Crippen LogP contribution >= 0.6 is 0 Å². The first-order chi connectivity index (χ1) is 9.70. The van der Waals surface area contributed by atoms with E-state index in [0.717, 1.165) is 5.56 Å².